The Hall–Kier alpha value is -4.26. The number of aromatic nitrogens is 2. The number of hydrogen-bond donors (Lipinski definition) is 1. The molecule has 0 atom stereocenters. The van der Waals surface area contributed by atoms with E-state index in [-0.39, 0.29) is 17.5 Å². The molecule has 1 saturated heterocycles. The first-order valence-electron chi connectivity index (χ1n) is 12.9. The molecule has 5 nitrogen and oxygen atoms in total. The monoisotopic (exact) mass is 512 g/mol. The van der Waals surface area contributed by atoms with Crippen molar-refractivity contribution in [3.8, 4) is 22.6 Å². The number of nitrogens with zero attached hydrogens (tertiary/aromatic N) is 3. The van der Waals surface area contributed by atoms with Crippen molar-refractivity contribution in [1.29, 1.82) is 0 Å². The van der Waals surface area contributed by atoms with Crippen molar-refractivity contribution in [2.45, 2.75) is 19.3 Å². The molecule has 0 spiro atoms. The van der Waals surface area contributed by atoms with Crippen LogP contribution >= 0.6 is 0 Å². The van der Waals surface area contributed by atoms with Gasteiger partial charge in [-0.2, -0.15) is 0 Å². The number of carbonyl (C=O) groups is 1. The van der Waals surface area contributed by atoms with Crippen molar-refractivity contribution in [3.63, 3.8) is 0 Å². The number of imidazole rings is 1. The molecular weight excluding hydrogens is 482 g/mol. The topological polar surface area (TPSA) is 52.2 Å². The maximum Gasteiger partial charge on any atom is 0.222 e. The van der Waals surface area contributed by atoms with Crippen LogP contribution < -0.4 is 4.90 Å². The molecule has 0 saturated carbocycles. The fourth-order valence-corrected chi connectivity index (χ4v) is 4.83. The van der Waals surface area contributed by atoms with Crippen LogP contribution in [0.4, 0.5) is 14.5 Å². The minimum absolute atomic E-state index is 0.105. The fourth-order valence-electron chi connectivity index (χ4n) is 4.83. The number of piperazine rings is 1. The summed E-state index contributed by atoms with van der Waals surface area (Å²) in [5, 5.41) is 0. The minimum atomic E-state index is -0.297. The summed E-state index contributed by atoms with van der Waals surface area (Å²) >= 11 is 0. The van der Waals surface area contributed by atoms with Crippen molar-refractivity contribution >= 4 is 17.7 Å². The van der Waals surface area contributed by atoms with Crippen molar-refractivity contribution in [3.05, 3.63) is 102 Å². The van der Waals surface area contributed by atoms with E-state index in [1.165, 1.54) is 18.2 Å². The lowest BCUT2D eigenvalue weighted by Crippen LogP contribution is -2.49. The number of carbonyl (C=O) groups excluding carboxylic acids is 1. The molecule has 0 unspecified atom stereocenters. The van der Waals surface area contributed by atoms with Crippen LogP contribution in [-0.2, 0) is 11.2 Å². The van der Waals surface area contributed by atoms with Gasteiger partial charge >= 0.3 is 0 Å². The van der Waals surface area contributed by atoms with Gasteiger partial charge in [-0.1, -0.05) is 49.1 Å². The highest BCUT2D eigenvalue weighted by atomic mass is 19.1. The van der Waals surface area contributed by atoms with E-state index in [2.05, 4.69) is 11.6 Å². The lowest BCUT2D eigenvalue weighted by molar-refractivity contribution is -0.131. The molecule has 2 heterocycles. The van der Waals surface area contributed by atoms with Crippen LogP contribution in [0.25, 0.3) is 28.7 Å². The maximum atomic E-state index is 14.1. The summed E-state index contributed by atoms with van der Waals surface area (Å²) in [4.78, 5) is 25.0. The molecular formula is C31H30F2N4O. The number of anilines is 1. The summed E-state index contributed by atoms with van der Waals surface area (Å²) in [6.45, 7) is 6.19. The van der Waals surface area contributed by atoms with Crippen molar-refractivity contribution < 1.29 is 13.6 Å². The Kier molecular flexibility index (Phi) is 7.63. The third-order valence-corrected chi connectivity index (χ3v) is 6.96. The second-order valence-corrected chi connectivity index (χ2v) is 9.42. The van der Waals surface area contributed by atoms with Gasteiger partial charge in [-0.05, 0) is 54.8 Å². The molecule has 38 heavy (non-hydrogen) atoms. The average Bonchev–Trinajstić information content (AvgIpc) is 3.38. The van der Waals surface area contributed by atoms with Crippen LogP contribution in [0.2, 0.25) is 0 Å². The van der Waals surface area contributed by atoms with E-state index in [4.69, 9.17) is 4.98 Å². The zero-order valence-electron chi connectivity index (χ0n) is 21.2. The second-order valence-electron chi connectivity index (χ2n) is 9.42. The molecule has 3 aromatic carbocycles. The van der Waals surface area contributed by atoms with E-state index >= 15 is 0 Å². The zero-order valence-corrected chi connectivity index (χ0v) is 21.2. The van der Waals surface area contributed by atoms with Gasteiger partial charge in [-0.3, -0.25) is 4.79 Å². The van der Waals surface area contributed by atoms with Crippen LogP contribution in [0.3, 0.4) is 0 Å². The Morgan fingerprint density at radius 3 is 2.29 bits per heavy atom. The number of hydrogen-bond acceptors (Lipinski definition) is 3. The summed E-state index contributed by atoms with van der Waals surface area (Å²) in [6.07, 6.45) is 3.52. The molecule has 1 N–H and O–H groups in total. The van der Waals surface area contributed by atoms with Gasteiger partial charge in [0.15, 0.2) is 0 Å². The number of rotatable bonds is 8. The highest BCUT2D eigenvalue weighted by Crippen LogP contribution is 2.28. The molecule has 1 amide bonds. The van der Waals surface area contributed by atoms with Gasteiger partial charge in [0.05, 0.1) is 11.4 Å². The largest absolute Gasteiger partial charge is 0.366 e. The Labute approximate surface area is 221 Å². The molecule has 0 bridgehead atoms. The molecule has 4 aromatic rings. The molecule has 0 aliphatic carbocycles. The SMILES string of the molecule is C=Cc1ccc(-c2nc(-c3ccc(F)cc3)[nH]c2CCCC(=O)N2CCN(c3ccccc3F)CC2)cc1. The van der Waals surface area contributed by atoms with Crippen molar-refractivity contribution in [2.75, 3.05) is 31.1 Å². The number of aromatic amines is 1. The summed E-state index contributed by atoms with van der Waals surface area (Å²) in [5.41, 5.74) is 5.13. The van der Waals surface area contributed by atoms with Gasteiger partial charge in [0, 0.05) is 49.4 Å². The average molecular weight is 513 g/mol. The molecule has 194 valence electrons. The maximum absolute atomic E-state index is 14.1. The molecule has 5 rings (SSSR count). The van der Waals surface area contributed by atoms with Gasteiger partial charge in [0.2, 0.25) is 5.91 Å². The predicted molar refractivity (Wildman–Crippen MR) is 148 cm³/mol. The number of para-hydroxylation sites is 1. The number of halogens is 2. The Bertz CT molecular complexity index is 1400. The standard InChI is InChI=1S/C31H30F2N4O/c1-2-22-10-12-23(13-11-22)30-27(34-31(35-30)24-14-16-25(32)17-15-24)7-5-9-29(38)37-20-18-36(19-21-37)28-8-4-3-6-26(28)33/h2-4,6,8,10-17H,1,5,7,9,18-21H2,(H,34,35). The van der Waals surface area contributed by atoms with E-state index in [1.54, 1.807) is 30.3 Å². The van der Waals surface area contributed by atoms with E-state index in [0.717, 1.165) is 28.1 Å². The van der Waals surface area contributed by atoms with Crippen LogP contribution in [0, 0.1) is 11.6 Å². The summed E-state index contributed by atoms with van der Waals surface area (Å²) in [6, 6.07) is 21.0. The third-order valence-electron chi connectivity index (χ3n) is 6.96. The molecule has 1 aliphatic heterocycles. The molecule has 1 fully saturated rings. The fraction of sp³-hybridized carbons (Fsp3) is 0.226. The lowest BCUT2D eigenvalue weighted by Gasteiger charge is -2.36. The first-order chi connectivity index (χ1) is 18.5. The minimum Gasteiger partial charge on any atom is -0.366 e. The number of nitrogens with one attached hydrogen (secondary N) is 1. The Morgan fingerprint density at radius 2 is 1.61 bits per heavy atom. The Morgan fingerprint density at radius 1 is 0.921 bits per heavy atom. The highest BCUT2D eigenvalue weighted by molar-refractivity contribution is 5.76. The normalized spacial score (nSPS) is 13.5. The molecule has 1 aliphatic rings. The summed E-state index contributed by atoms with van der Waals surface area (Å²) in [5.74, 6) is 0.238. The summed E-state index contributed by atoms with van der Waals surface area (Å²) < 4.78 is 27.6. The summed E-state index contributed by atoms with van der Waals surface area (Å²) in [7, 11) is 0. The first-order valence-corrected chi connectivity index (χ1v) is 12.9. The second kappa shape index (κ2) is 11.4. The van der Waals surface area contributed by atoms with E-state index in [9.17, 15) is 13.6 Å². The smallest absolute Gasteiger partial charge is 0.222 e. The molecule has 1 aromatic heterocycles. The zero-order chi connectivity index (χ0) is 26.5. The van der Waals surface area contributed by atoms with E-state index in [1.807, 2.05) is 40.1 Å². The van der Waals surface area contributed by atoms with E-state index in [0.29, 0.717) is 57.0 Å². The number of benzene rings is 3. The number of H-pyrrole nitrogens is 1. The van der Waals surface area contributed by atoms with Crippen molar-refractivity contribution in [2.24, 2.45) is 0 Å². The van der Waals surface area contributed by atoms with Crippen molar-refractivity contribution in [1.82, 2.24) is 14.9 Å². The predicted octanol–water partition coefficient (Wildman–Crippen LogP) is 6.34. The van der Waals surface area contributed by atoms with Crippen LogP contribution in [0.1, 0.15) is 24.1 Å². The van der Waals surface area contributed by atoms with Gasteiger partial charge in [0.1, 0.15) is 17.5 Å². The Balaban J connectivity index is 1.24. The van der Waals surface area contributed by atoms with Crippen LogP contribution in [-0.4, -0.2) is 47.0 Å². The number of aryl methyl sites for hydroxylation is 1. The van der Waals surface area contributed by atoms with Gasteiger partial charge < -0.3 is 14.8 Å². The lowest BCUT2D eigenvalue weighted by atomic mass is 10.0. The van der Waals surface area contributed by atoms with Gasteiger partial charge in [0.25, 0.3) is 0 Å². The molecule has 7 heteroatoms. The molecule has 0 radical (unpaired) electrons. The van der Waals surface area contributed by atoms with Gasteiger partial charge in [-0.15, -0.1) is 0 Å². The first kappa shape index (κ1) is 25.4. The number of amides is 1. The highest BCUT2D eigenvalue weighted by Gasteiger charge is 2.23. The van der Waals surface area contributed by atoms with E-state index < -0.39 is 0 Å². The van der Waals surface area contributed by atoms with Gasteiger partial charge in [-0.25, -0.2) is 13.8 Å². The van der Waals surface area contributed by atoms with Crippen LogP contribution in [0.15, 0.2) is 79.4 Å². The quantitative estimate of drug-likeness (QED) is 0.300. The van der Waals surface area contributed by atoms with Crippen LogP contribution in [0.5, 0.6) is 0 Å². The third kappa shape index (κ3) is 5.67.